The monoisotopic (exact) mass is 450 g/mol. The molecular formula is C24H22N2O5S. The van der Waals surface area contributed by atoms with Gasteiger partial charge in [-0.1, -0.05) is 24.3 Å². The lowest BCUT2D eigenvalue weighted by molar-refractivity contribution is -0.119. The Morgan fingerprint density at radius 3 is 2.34 bits per heavy atom. The SMILES string of the molecule is O=C(COC(=O)c1ccccc1C(=O)c1cccs1)Nc1ccc(N2CCOCC2)cc1. The average molecular weight is 451 g/mol. The molecule has 1 fully saturated rings. The number of esters is 1. The van der Waals surface area contributed by atoms with Gasteiger partial charge in [0.15, 0.2) is 6.61 Å². The van der Waals surface area contributed by atoms with E-state index < -0.39 is 18.5 Å². The number of ketones is 1. The van der Waals surface area contributed by atoms with Crippen LogP contribution in [0.2, 0.25) is 0 Å². The highest BCUT2D eigenvalue weighted by atomic mass is 32.1. The summed E-state index contributed by atoms with van der Waals surface area (Å²) in [6, 6.07) is 17.4. The van der Waals surface area contributed by atoms with Crippen molar-refractivity contribution in [3.05, 3.63) is 82.0 Å². The Bertz CT molecular complexity index is 1090. The molecule has 0 saturated carbocycles. The van der Waals surface area contributed by atoms with Crippen LogP contribution >= 0.6 is 11.3 Å². The minimum atomic E-state index is -0.719. The summed E-state index contributed by atoms with van der Waals surface area (Å²) in [5.41, 5.74) is 2.05. The number of carbonyl (C=O) groups excluding carboxylic acids is 3. The molecule has 0 atom stereocenters. The van der Waals surface area contributed by atoms with Crippen LogP contribution in [0.5, 0.6) is 0 Å². The Kier molecular flexibility index (Phi) is 6.94. The molecule has 7 nitrogen and oxygen atoms in total. The second-order valence-electron chi connectivity index (χ2n) is 7.12. The molecule has 32 heavy (non-hydrogen) atoms. The minimum Gasteiger partial charge on any atom is -0.452 e. The second kappa shape index (κ2) is 10.2. The third-order valence-corrected chi connectivity index (χ3v) is 5.87. The Labute approximate surface area is 189 Å². The molecule has 0 bridgehead atoms. The number of morpholine rings is 1. The molecule has 1 aromatic heterocycles. The number of thiophene rings is 1. The number of hydrogen-bond acceptors (Lipinski definition) is 7. The van der Waals surface area contributed by atoms with Crippen LogP contribution in [0.25, 0.3) is 0 Å². The molecule has 4 rings (SSSR count). The van der Waals surface area contributed by atoms with Crippen LogP contribution in [0.4, 0.5) is 11.4 Å². The van der Waals surface area contributed by atoms with E-state index in [4.69, 9.17) is 9.47 Å². The van der Waals surface area contributed by atoms with Crippen LogP contribution in [0.1, 0.15) is 25.6 Å². The van der Waals surface area contributed by atoms with E-state index in [-0.39, 0.29) is 16.9 Å². The van der Waals surface area contributed by atoms with E-state index in [1.807, 2.05) is 12.1 Å². The van der Waals surface area contributed by atoms with E-state index in [2.05, 4.69) is 10.2 Å². The van der Waals surface area contributed by atoms with Gasteiger partial charge >= 0.3 is 5.97 Å². The maximum atomic E-state index is 12.7. The summed E-state index contributed by atoms with van der Waals surface area (Å²) in [6.07, 6.45) is 0. The number of nitrogens with one attached hydrogen (secondary N) is 1. The van der Waals surface area contributed by atoms with Crippen molar-refractivity contribution in [3.63, 3.8) is 0 Å². The molecule has 2 heterocycles. The minimum absolute atomic E-state index is 0.133. The maximum absolute atomic E-state index is 12.7. The highest BCUT2D eigenvalue weighted by molar-refractivity contribution is 7.12. The lowest BCUT2D eigenvalue weighted by Crippen LogP contribution is -2.36. The lowest BCUT2D eigenvalue weighted by Gasteiger charge is -2.28. The van der Waals surface area contributed by atoms with Gasteiger partial charge in [-0.15, -0.1) is 11.3 Å². The Morgan fingerprint density at radius 2 is 1.66 bits per heavy atom. The van der Waals surface area contributed by atoms with Crippen LogP contribution in [-0.2, 0) is 14.3 Å². The second-order valence-corrected chi connectivity index (χ2v) is 8.07. The predicted molar refractivity (Wildman–Crippen MR) is 123 cm³/mol. The van der Waals surface area contributed by atoms with E-state index in [1.54, 1.807) is 47.8 Å². The van der Waals surface area contributed by atoms with E-state index in [9.17, 15) is 14.4 Å². The molecule has 1 amide bonds. The molecule has 1 aliphatic heterocycles. The average Bonchev–Trinajstić information content (AvgIpc) is 3.38. The third-order valence-electron chi connectivity index (χ3n) is 5.00. The summed E-state index contributed by atoms with van der Waals surface area (Å²) in [4.78, 5) is 40.2. The van der Waals surface area contributed by atoms with Crippen LogP contribution in [0.15, 0.2) is 66.0 Å². The highest BCUT2D eigenvalue weighted by Crippen LogP contribution is 2.20. The summed E-state index contributed by atoms with van der Waals surface area (Å²) in [5.74, 6) is -1.43. The van der Waals surface area contributed by atoms with Crippen molar-refractivity contribution in [1.82, 2.24) is 0 Å². The van der Waals surface area contributed by atoms with Crippen molar-refractivity contribution in [3.8, 4) is 0 Å². The first kappa shape index (κ1) is 21.7. The molecule has 0 unspecified atom stereocenters. The van der Waals surface area contributed by atoms with E-state index in [0.29, 0.717) is 23.8 Å². The van der Waals surface area contributed by atoms with Crippen molar-refractivity contribution in [2.24, 2.45) is 0 Å². The Balaban J connectivity index is 1.33. The summed E-state index contributed by atoms with van der Waals surface area (Å²) < 4.78 is 10.5. The third kappa shape index (κ3) is 5.22. The largest absolute Gasteiger partial charge is 0.452 e. The Morgan fingerprint density at radius 1 is 0.938 bits per heavy atom. The fraction of sp³-hybridized carbons (Fsp3) is 0.208. The standard InChI is InChI=1S/C24H22N2O5S/c27-22(25-17-7-9-18(10-8-17)26-11-13-30-14-12-26)16-31-24(29)20-5-2-1-4-19(20)23(28)21-6-3-15-32-21/h1-10,15H,11-14,16H2,(H,25,27). The normalized spacial score (nSPS) is 13.4. The Hall–Kier alpha value is -3.49. The molecule has 8 heteroatoms. The number of nitrogens with zero attached hydrogens (tertiary/aromatic N) is 1. The van der Waals surface area contributed by atoms with Gasteiger partial charge in [0.25, 0.3) is 5.91 Å². The van der Waals surface area contributed by atoms with Crippen LogP contribution in [0, 0.1) is 0 Å². The smallest absolute Gasteiger partial charge is 0.339 e. The number of carbonyl (C=O) groups is 3. The van der Waals surface area contributed by atoms with Gasteiger partial charge in [0.1, 0.15) is 0 Å². The van der Waals surface area contributed by atoms with Gasteiger partial charge in [0.2, 0.25) is 5.78 Å². The number of rotatable bonds is 7. The maximum Gasteiger partial charge on any atom is 0.339 e. The summed E-state index contributed by atoms with van der Waals surface area (Å²) in [6.45, 7) is 2.61. The number of hydrogen-bond donors (Lipinski definition) is 1. The van der Waals surface area contributed by atoms with Crippen molar-refractivity contribution >= 4 is 40.4 Å². The van der Waals surface area contributed by atoms with E-state index >= 15 is 0 Å². The number of anilines is 2. The highest BCUT2D eigenvalue weighted by Gasteiger charge is 2.20. The van der Waals surface area contributed by atoms with Crippen molar-refractivity contribution in [2.75, 3.05) is 43.1 Å². The van der Waals surface area contributed by atoms with Gasteiger partial charge in [-0.25, -0.2) is 4.79 Å². The first-order chi connectivity index (χ1) is 15.6. The first-order valence-corrected chi connectivity index (χ1v) is 11.1. The zero-order chi connectivity index (χ0) is 22.3. The summed E-state index contributed by atoms with van der Waals surface area (Å²) in [7, 11) is 0. The van der Waals surface area contributed by atoms with Crippen molar-refractivity contribution in [1.29, 1.82) is 0 Å². The molecule has 0 aliphatic carbocycles. The summed E-state index contributed by atoms with van der Waals surface area (Å²) in [5, 5.41) is 4.51. The van der Waals surface area contributed by atoms with Gasteiger partial charge in [0, 0.05) is 30.0 Å². The van der Waals surface area contributed by atoms with Gasteiger partial charge in [-0.3, -0.25) is 9.59 Å². The molecule has 0 spiro atoms. The van der Waals surface area contributed by atoms with E-state index in [0.717, 1.165) is 18.8 Å². The fourth-order valence-corrected chi connectivity index (χ4v) is 4.06. The molecule has 3 aromatic rings. The summed E-state index contributed by atoms with van der Waals surface area (Å²) >= 11 is 1.30. The number of ether oxygens (including phenoxy) is 2. The zero-order valence-corrected chi connectivity index (χ0v) is 18.1. The molecule has 1 saturated heterocycles. The molecular weight excluding hydrogens is 428 g/mol. The number of amides is 1. The topological polar surface area (TPSA) is 84.9 Å². The predicted octanol–water partition coefficient (Wildman–Crippen LogP) is 3.61. The first-order valence-electron chi connectivity index (χ1n) is 10.2. The van der Waals surface area contributed by atoms with Gasteiger partial charge in [-0.2, -0.15) is 0 Å². The van der Waals surface area contributed by atoms with Gasteiger partial charge in [-0.05, 0) is 41.8 Å². The van der Waals surface area contributed by atoms with E-state index in [1.165, 1.54) is 17.4 Å². The molecule has 2 aromatic carbocycles. The van der Waals surface area contributed by atoms with Crippen LogP contribution in [-0.4, -0.2) is 50.6 Å². The molecule has 0 radical (unpaired) electrons. The van der Waals surface area contributed by atoms with Crippen molar-refractivity contribution < 1.29 is 23.9 Å². The molecule has 1 aliphatic rings. The van der Waals surface area contributed by atoms with Gasteiger partial charge in [0.05, 0.1) is 23.7 Å². The van der Waals surface area contributed by atoms with Crippen LogP contribution in [0.3, 0.4) is 0 Å². The van der Waals surface area contributed by atoms with Crippen molar-refractivity contribution in [2.45, 2.75) is 0 Å². The fourth-order valence-electron chi connectivity index (χ4n) is 3.38. The van der Waals surface area contributed by atoms with Gasteiger partial charge < -0.3 is 19.7 Å². The molecule has 1 N–H and O–H groups in total. The van der Waals surface area contributed by atoms with Crippen LogP contribution < -0.4 is 10.2 Å². The molecule has 164 valence electrons. The quantitative estimate of drug-likeness (QED) is 0.437. The number of benzene rings is 2. The lowest BCUT2D eigenvalue weighted by atomic mass is 10.0. The zero-order valence-electron chi connectivity index (χ0n) is 17.3.